The lowest BCUT2D eigenvalue weighted by Crippen LogP contribution is -2.47. The van der Waals surface area contributed by atoms with Gasteiger partial charge in [0.25, 0.3) is 0 Å². The zero-order valence-corrected chi connectivity index (χ0v) is 18.9. The number of aliphatic hydroxyl groups is 3. The second-order valence-electron chi connectivity index (χ2n) is 8.03. The minimum atomic E-state index is -1.14. The Morgan fingerprint density at radius 2 is 1.90 bits per heavy atom. The molecule has 0 spiro atoms. The summed E-state index contributed by atoms with van der Waals surface area (Å²) < 4.78 is 11.4. The van der Waals surface area contributed by atoms with Gasteiger partial charge in [0.05, 0.1) is 30.4 Å². The number of benzene rings is 2. The summed E-state index contributed by atoms with van der Waals surface area (Å²) in [5.74, 6) is 2.04. The van der Waals surface area contributed by atoms with Crippen LogP contribution in [0.15, 0.2) is 30.3 Å². The maximum atomic E-state index is 10.8. The van der Waals surface area contributed by atoms with E-state index in [0.717, 1.165) is 34.4 Å². The summed E-state index contributed by atoms with van der Waals surface area (Å²) >= 11 is 6.72. The third-order valence-electron chi connectivity index (χ3n) is 6.00. The molecule has 7 heteroatoms. The molecule has 0 amide bonds. The average Bonchev–Trinajstić information content (AvgIpc) is 3.21. The van der Waals surface area contributed by atoms with Crippen LogP contribution >= 0.6 is 22.5 Å². The van der Waals surface area contributed by atoms with Gasteiger partial charge in [0.15, 0.2) is 0 Å². The molecule has 0 radical (unpaired) electrons. The molecule has 2 heterocycles. The first-order valence-corrected chi connectivity index (χ1v) is 12.8. The van der Waals surface area contributed by atoms with Crippen molar-refractivity contribution in [1.82, 2.24) is 0 Å². The Kier molecular flexibility index (Phi) is 6.51. The van der Waals surface area contributed by atoms with Crippen molar-refractivity contribution in [3.63, 3.8) is 0 Å². The Bertz CT molecular complexity index is 903. The molecule has 2 aliphatic heterocycles. The van der Waals surface area contributed by atoms with Gasteiger partial charge in [-0.1, -0.05) is 29.8 Å². The van der Waals surface area contributed by atoms with Crippen molar-refractivity contribution in [2.24, 2.45) is 0 Å². The van der Waals surface area contributed by atoms with Gasteiger partial charge >= 0.3 is 0 Å². The second-order valence-corrected chi connectivity index (χ2v) is 10.8. The first-order valence-electron chi connectivity index (χ1n) is 10.3. The SMILES string of the molecule is CCOc1ccc(Cc2cc([C@H]3[C@H](O)[C@H](O)[C@H](O)C[SH]3C)c3c(c2Cl)OCC3)cc1. The maximum Gasteiger partial charge on any atom is 0.141 e. The van der Waals surface area contributed by atoms with Crippen molar-refractivity contribution in [1.29, 1.82) is 0 Å². The standard InChI is InChI=1S/C23H29ClO5S/c1-3-28-15-6-4-13(5-7-15)10-14-11-17(16-8-9-29-22(16)19(14)24)23-21(27)20(26)18(25)12-30(23)2/h4-7,11,18,20-21,23,25-27,30H,3,8-10,12H2,1-2H3/t18-,20-,21-,23+/m1/s1. The fraction of sp³-hybridized carbons (Fsp3) is 0.478. The van der Waals surface area contributed by atoms with E-state index in [-0.39, 0.29) is 5.25 Å². The number of halogens is 1. The highest BCUT2D eigenvalue weighted by Crippen LogP contribution is 2.52. The van der Waals surface area contributed by atoms with E-state index in [1.807, 2.05) is 31.2 Å². The molecule has 5 atom stereocenters. The highest BCUT2D eigenvalue weighted by molar-refractivity contribution is 8.16. The lowest BCUT2D eigenvalue weighted by Gasteiger charge is -2.43. The Morgan fingerprint density at radius 1 is 1.17 bits per heavy atom. The minimum Gasteiger partial charge on any atom is -0.494 e. The molecule has 0 aliphatic carbocycles. The average molecular weight is 453 g/mol. The van der Waals surface area contributed by atoms with Crippen molar-refractivity contribution in [2.45, 2.75) is 43.3 Å². The van der Waals surface area contributed by atoms with E-state index in [2.05, 4.69) is 12.3 Å². The molecule has 3 N–H and O–H groups in total. The van der Waals surface area contributed by atoms with Crippen LogP contribution in [-0.4, -0.2) is 58.9 Å². The summed E-state index contributed by atoms with van der Waals surface area (Å²) in [5.41, 5.74) is 4.06. The highest BCUT2D eigenvalue weighted by atomic mass is 35.5. The summed E-state index contributed by atoms with van der Waals surface area (Å²) in [5, 5.41) is 31.6. The molecule has 1 saturated heterocycles. The van der Waals surface area contributed by atoms with E-state index in [1.165, 1.54) is 0 Å². The molecule has 2 aromatic carbocycles. The van der Waals surface area contributed by atoms with Gasteiger partial charge in [-0.3, -0.25) is 0 Å². The predicted octanol–water partition coefficient (Wildman–Crippen LogP) is 3.03. The van der Waals surface area contributed by atoms with Crippen LogP contribution in [0.1, 0.15) is 34.4 Å². The largest absolute Gasteiger partial charge is 0.494 e. The van der Waals surface area contributed by atoms with Crippen LogP contribution in [-0.2, 0) is 12.8 Å². The van der Waals surface area contributed by atoms with Crippen LogP contribution in [0.2, 0.25) is 5.02 Å². The number of hydrogen-bond acceptors (Lipinski definition) is 5. The Hall–Kier alpha value is -1.44. The summed E-state index contributed by atoms with van der Waals surface area (Å²) in [7, 11) is -0.708. The van der Waals surface area contributed by atoms with Gasteiger partial charge in [0.1, 0.15) is 17.6 Å². The summed E-state index contributed by atoms with van der Waals surface area (Å²) in [4.78, 5) is 0. The van der Waals surface area contributed by atoms with Gasteiger partial charge < -0.3 is 24.8 Å². The molecule has 0 aromatic heterocycles. The molecular weight excluding hydrogens is 424 g/mol. The normalized spacial score (nSPS) is 29.3. The van der Waals surface area contributed by atoms with Crippen LogP contribution < -0.4 is 9.47 Å². The van der Waals surface area contributed by atoms with E-state index < -0.39 is 29.2 Å². The third kappa shape index (κ3) is 4.04. The van der Waals surface area contributed by atoms with Crippen LogP contribution in [0.3, 0.4) is 0 Å². The van der Waals surface area contributed by atoms with Crippen molar-refractivity contribution < 1.29 is 24.8 Å². The van der Waals surface area contributed by atoms with Crippen LogP contribution in [0.5, 0.6) is 11.5 Å². The van der Waals surface area contributed by atoms with E-state index in [0.29, 0.717) is 36.2 Å². The molecule has 1 fully saturated rings. The summed E-state index contributed by atoms with van der Waals surface area (Å²) in [6.07, 6.45) is 0.406. The molecule has 2 aliphatic rings. The Morgan fingerprint density at radius 3 is 2.60 bits per heavy atom. The minimum absolute atomic E-state index is 0.217. The molecule has 30 heavy (non-hydrogen) atoms. The van der Waals surface area contributed by atoms with Gasteiger partial charge in [-0.2, -0.15) is 0 Å². The van der Waals surface area contributed by atoms with Crippen molar-refractivity contribution in [3.8, 4) is 11.5 Å². The Balaban J connectivity index is 1.71. The van der Waals surface area contributed by atoms with E-state index in [9.17, 15) is 15.3 Å². The first-order chi connectivity index (χ1) is 14.4. The zero-order chi connectivity index (χ0) is 21.4. The van der Waals surface area contributed by atoms with Gasteiger partial charge in [0.2, 0.25) is 0 Å². The van der Waals surface area contributed by atoms with Crippen LogP contribution in [0.4, 0.5) is 0 Å². The van der Waals surface area contributed by atoms with E-state index in [4.69, 9.17) is 21.1 Å². The van der Waals surface area contributed by atoms with Gasteiger partial charge in [-0.25, -0.2) is 10.9 Å². The Labute approximate surface area is 184 Å². The van der Waals surface area contributed by atoms with Crippen molar-refractivity contribution in [3.05, 3.63) is 57.6 Å². The number of thiol groups is 1. The fourth-order valence-electron chi connectivity index (χ4n) is 4.51. The van der Waals surface area contributed by atoms with Gasteiger partial charge in [-0.15, -0.1) is 0 Å². The zero-order valence-electron chi connectivity index (χ0n) is 17.2. The lowest BCUT2D eigenvalue weighted by atomic mass is 9.91. The molecule has 4 rings (SSSR count). The van der Waals surface area contributed by atoms with Crippen molar-refractivity contribution >= 4 is 22.5 Å². The van der Waals surface area contributed by atoms with Crippen LogP contribution in [0.25, 0.3) is 0 Å². The number of ether oxygens (including phenoxy) is 2. The topological polar surface area (TPSA) is 79.2 Å². The molecule has 2 aromatic rings. The molecule has 5 nitrogen and oxygen atoms in total. The fourth-order valence-corrected chi connectivity index (χ4v) is 7.23. The number of aliphatic hydroxyl groups excluding tert-OH is 3. The molecule has 0 bridgehead atoms. The number of rotatable bonds is 5. The number of fused-ring (bicyclic) bond motifs is 1. The predicted molar refractivity (Wildman–Crippen MR) is 122 cm³/mol. The van der Waals surface area contributed by atoms with Gasteiger partial charge in [0, 0.05) is 23.0 Å². The lowest BCUT2D eigenvalue weighted by molar-refractivity contribution is -0.0562. The van der Waals surface area contributed by atoms with E-state index >= 15 is 0 Å². The summed E-state index contributed by atoms with van der Waals surface area (Å²) in [6, 6.07) is 10.0. The van der Waals surface area contributed by atoms with Crippen molar-refractivity contribution in [2.75, 3.05) is 25.2 Å². The first kappa shape index (κ1) is 21.8. The second kappa shape index (κ2) is 8.97. The number of hydrogen-bond donors (Lipinski definition) is 4. The van der Waals surface area contributed by atoms with E-state index in [1.54, 1.807) is 0 Å². The molecule has 1 unspecified atom stereocenters. The van der Waals surface area contributed by atoms with Gasteiger partial charge in [-0.05, 0) is 48.4 Å². The highest BCUT2D eigenvalue weighted by Gasteiger charge is 2.42. The van der Waals surface area contributed by atoms with Crippen LogP contribution in [0, 0.1) is 0 Å². The summed E-state index contributed by atoms with van der Waals surface area (Å²) in [6.45, 7) is 3.14. The molecule has 164 valence electrons. The third-order valence-corrected chi connectivity index (χ3v) is 8.89. The monoisotopic (exact) mass is 452 g/mol. The quantitative estimate of drug-likeness (QED) is 0.524. The molecular formula is C23H29ClO5S. The smallest absolute Gasteiger partial charge is 0.141 e. The maximum absolute atomic E-state index is 10.8. The molecule has 0 saturated carbocycles.